The van der Waals surface area contributed by atoms with Crippen LogP contribution in [0.3, 0.4) is 0 Å². The molecule has 126 valence electrons. The second-order valence-corrected chi connectivity index (χ2v) is 5.70. The molecule has 25 heavy (non-hydrogen) atoms. The van der Waals surface area contributed by atoms with Gasteiger partial charge in [-0.1, -0.05) is 18.2 Å². The fraction of sp³-hybridized carbons (Fsp3) is 0.118. The minimum Gasteiger partial charge on any atom is -0.435 e. The van der Waals surface area contributed by atoms with Crippen molar-refractivity contribution in [1.82, 2.24) is 4.57 Å². The van der Waals surface area contributed by atoms with Gasteiger partial charge >= 0.3 is 6.61 Å². The maximum atomic E-state index is 12.5. The van der Waals surface area contributed by atoms with Crippen LogP contribution >= 0.6 is 11.3 Å². The molecule has 0 saturated carbocycles. The zero-order valence-electron chi connectivity index (χ0n) is 12.8. The van der Waals surface area contributed by atoms with Gasteiger partial charge < -0.3 is 4.74 Å². The van der Waals surface area contributed by atoms with Gasteiger partial charge in [0.15, 0.2) is 5.57 Å². The first-order valence-corrected chi connectivity index (χ1v) is 7.73. The van der Waals surface area contributed by atoms with E-state index in [4.69, 9.17) is 10.5 Å². The highest BCUT2D eigenvalue weighted by Crippen LogP contribution is 2.15. The Balaban J connectivity index is 2.59. The van der Waals surface area contributed by atoms with Crippen LogP contribution in [0.15, 0.2) is 41.7 Å². The van der Waals surface area contributed by atoms with Gasteiger partial charge in [0.2, 0.25) is 0 Å². The molecule has 1 aromatic carbocycles. The maximum Gasteiger partial charge on any atom is 0.387 e. The lowest BCUT2D eigenvalue weighted by Gasteiger charge is -2.03. The normalized spacial score (nSPS) is 11.0. The Bertz CT molecular complexity index is 1020. The van der Waals surface area contributed by atoms with E-state index in [-0.39, 0.29) is 28.1 Å². The molecule has 0 aliphatic carbocycles. The molecule has 0 spiro atoms. The molecule has 5 nitrogen and oxygen atoms in total. The molecule has 0 aliphatic rings. The van der Waals surface area contributed by atoms with E-state index in [1.165, 1.54) is 34.9 Å². The van der Waals surface area contributed by atoms with Gasteiger partial charge in [-0.2, -0.15) is 19.3 Å². The number of hydrogen-bond donors (Lipinski definition) is 0. The molecule has 0 N–H and O–H groups in total. The number of aromatic nitrogens is 1. The van der Waals surface area contributed by atoms with Crippen molar-refractivity contribution < 1.29 is 13.5 Å². The van der Waals surface area contributed by atoms with Crippen LogP contribution in [0, 0.1) is 22.7 Å². The van der Waals surface area contributed by atoms with Crippen molar-refractivity contribution >= 4 is 23.0 Å². The number of nitrogens with zero attached hydrogens (tertiary/aromatic N) is 3. The molecule has 1 aromatic heterocycles. The number of benzene rings is 1. The van der Waals surface area contributed by atoms with Crippen LogP contribution in [0.25, 0.3) is 11.6 Å². The van der Waals surface area contributed by atoms with Crippen LogP contribution in [-0.2, 0) is 6.54 Å². The highest BCUT2D eigenvalue weighted by atomic mass is 32.1. The SMILES string of the molecule is C=CCn1c(=C(C#N)C#N)s/c(=C\c2ccc(OC(F)F)cc2)c1=O. The number of hydrogen-bond acceptors (Lipinski definition) is 5. The number of thiazole rings is 1. The van der Waals surface area contributed by atoms with E-state index in [0.29, 0.717) is 10.1 Å². The monoisotopic (exact) mass is 359 g/mol. The number of ether oxygens (including phenoxy) is 1. The van der Waals surface area contributed by atoms with Crippen LogP contribution in [0.4, 0.5) is 8.78 Å². The van der Waals surface area contributed by atoms with Gasteiger partial charge in [0.05, 0.1) is 4.53 Å². The first-order valence-electron chi connectivity index (χ1n) is 6.91. The van der Waals surface area contributed by atoms with E-state index in [1.807, 2.05) is 0 Å². The lowest BCUT2D eigenvalue weighted by molar-refractivity contribution is -0.0498. The molecule has 1 heterocycles. The van der Waals surface area contributed by atoms with Gasteiger partial charge in [-0.25, -0.2) is 0 Å². The fourth-order valence-corrected chi connectivity index (χ4v) is 3.08. The van der Waals surface area contributed by atoms with Crippen molar-refractivity contribution in [2.45, 2.75) is 13.2 Å². The second-order valence-electron chi connectivity index (χ2n) is 4.67. The summed E-state index contributed by atoms with van der Waals surface area (Å²) in [4.78, 5) is 12.5. The summed E-state index contributed by atoms with van der Waals surface area (Å²) in [5.41, 5.74) is 0.0628. The Morgan fingerprint density at radius 1 is 1.32 bits per heavy atom. The van der Waals surface area contributed by atoms with E-state index in [2.05, 4.69) is 11.3 Å². The lowest BCUT2D eigenvalue weighted by Crippen LogP contribution is -2.31. The third-order valence-electron chi connectivity index (χ3n) is 3.06. The summed E-state index contributed by atoms with van der Waals surface area (Å²) in [6.45, 7) is 0.809. The molecule has 0 unspecified atom stereocenters. The summed E-state index contributed by atoms with van der Waals surface area (Å²) >= 11 is 1.01. The second kappa shape index (κ2) is 8.04. The van der Waals surface area contributed by atoms with Gasteiger partial charge in [-0.15, -0.1) is 17.9 Å². The predicted molar refractivity (Wildman–Crippen MR) is 89.3 cm³/mol. The Morgan fingerprint density at radius 2 is 1.96 bits per heavy atom. The van der Waals surface area contributed by atoms with Crippen LogP contribution in [0.5, 0.6) is 5.75 Å². The highest BCUT2D eigenvalue weighted by Gasteiger charge is 2.08. The molecule has 0 radical (unpaired) electrons. The smallest absolute Gasteiger partial charge is 0.387 e. The number of halogens is 2. The fourth-order valence-electron chi connectivity index (χ4n) is 2.02. The van der Waals surface area contributed by atoms with Gasteiger partial charge in [0.25, 0.3) is 5.56 Å². The van der Waals surface area contributed by atoms with E-state index in [9.17, 15) is 13.6 Å². The van der Waals surface area contributed by atoms with E-state index in [1.54, 1.807) is 18.2 Å². The van der Waals surface area contributed by atoms with Crippen molar-refractivity contribution in [3.8, 4) is 17.9 Å². The quantitative estimate of drug-likeness (QED) is 0.762. The Labute approximate surface area is 145 Å². The Kier molecular flexibility index (Phi) is 5.83. The van der Waals surface area contributed by atoms with Crippen molar-refractivity contribution in [2.24, 2.45) is 0 Å². The summed E-state index contributed by atoms with van der Waals surface area (Å²) in [6, 6.07) is 9.29. The molecule has 2 aromatic rings. The van der Waals surface area contributed by atoms with Crippen molar-refractivity contribution in [1.29, 1.82) is 10.5 Å². The zero-order chi connectivity index (χ0) is 18.4. The minimum absolute atomic E-state index is 0.00710. The average molecular weight is 359 g/mol. The molecule has 0 bridgehead atoms. The van der Waals surface area contributed by atoms with Crippen LogP contribution < -0.4 is 19.5 Å². The summed E-state index contributed by atoms with van der Waals surface area (Å²) in [5, 5.41) is 18.1. The molecule has 0 atom stereocenters. The Morgan fingerprint density at radius 3 is 2.48 bits per heavy atom. The van der Waals surface area contributed by atoms with Crippen molar-refractivity contribution in [3.05, 3.63) is 62.0 Å². The maximum absolute atomic E-state index is 12.5. The summed E-state index contributed by atoms with van der Waals surface area (Å²) in [7, 11) is 0. The number of alkyl halides is 2. The first-order chi connectivity index (χ1) is 12.0. The van der Waals surface area contributed by atoms with Gasteiger partial charge in [-0.3, -0.25) is 9.36 Å². The van der Waals surface area contributed by atoms with Crippen molar-refractivity contribution in [3.63, 3.8) is 0 Å². The van der Waals surface area contributed by atoms with Gasteiger partial charge in [0, 0.05) is 6.54 Å². The highest BCUT2D eigenvalue weighted by molar-refractivity contribution is 7.07. The topological polar surface area (TPSA) is 78.8 Å². The van der Waals surface area contributed by atoms with E-state index >= 15 is 0 Å². The Hall–Kier alpha value is -3.23. The molecule has 0 saturated heterocycles. The number of nitriles is 2. The predicted octanol–water partition coefficient (Wildman–Crippen LogP) is 1.72. The molecule has 0 fully saturated rings. The zero-order valence-corrected chi connectivity index (χ0v) is 13.6. The van der Waals surface area contributed by atoms with E-state index in [0.717, 1.165) is 11.3 Å². The number of allylic oxidation sites excluding steroid dienone is 1. The van der Waals surface area contributed by atoms with Crippen LogP contribution in [0.1, 0.15) is 5.56 Å². The summed E-state index contributed by atoms with van der Waals surface area (Å²) in [6.07, 6.45) is 3.04. The number of rotatable bonds is 5. The summed E-state index contributed by atoms with van der Waals surface area (Å²) in [5.74, 6) is 0.00710. The van der Waals surface area contributed by atoms with E-state index < -0.39 is 6.61 Å². The molecular formula is C17H11F2N3O2S. The molecule has 8 heteroatoms. The van der Waals surface area contributed by atoms with Gasteiger partial charge in [-0.05, 0) is 23.8 Å². The molecule has 0 amide bonds. The van der Waals surface area contributed by atoms with Crippen LogP contribution in [-0.4, -0.2) is 11.2 Å². The summed E-state index contributed by atoms with van der Waals surface area (Å²) < 4.78 is 30.4. The lowest BCUT2D eigenvalue weighted by atomic mass is 10.2. The first kappa shape index (κ1) is 18.1. The largest absolute Gasteiger partial charge is 0.435 e. The molecule has 0 aliphatic heterocycles. The standard InChI is InChI=1S/C17H11F2N3O2S/c1-2-7-22-15(23)14(25-16(22)12(9-20)10-21)8-11-3-5-13(6-4-11)24-17(18)19/h2-6,8,17H,1,7H2/b14-8-. The van der Waals surface area contributed by atoms with Crippen LogP contribution in [0.2, 0.25) is 0 Å². The minimum atomic E-state index is -2.91. The van der Waals surface area contributed by atoms with Crippen molar-refractivity contribution in [2.75, 3.05) is 0 Å². The molecule has 2 rings (SSSR count). The average Bonchev–Trinajstić information content (AvgIpc) is 2.87. The third-order valence-corrected chi connectivity index (χ3v) is 4.19. The van der Waals surface area contributed by atoms with Gasteiger partial charge in [0.1, 0.15) is 22.6 Å². The third kappa shape index (κ3) is 4.19. The molecular weight excluding hydrogens is 348 g/mol.